The number of fused-ring (bicyclic) bond motifs is 1. The van der Waals surface area contributed by atoms with Gasteiger partial charge in [-0.2, -0.15) is 0 Å². The molecule has 1 saturated heterocycles. The molecule has 0 saturated carbocycles. The van der Waals surface area contributed by atoms with Crippen molar-refractivity contribution in [2.45, 2.75) is 23.3 Å². The van der Waals surface area contributed by atoms with Crippen LogP contribution < -0.4 is 0 Å². The normalized spacial score (nSPS) is 33.1. The van der Waals surface area contributed by atoms with Crippen molar-refractivity contribution in [1.82, 2.24) is 4.90 Å². The Kier molecular flexibility index (Phi) is 2.37. The SMILES string of the molecule is CCSC1C=CN2C(=O)C[C@H]2S1. The minimum absolute atomic E-state index is 0.267. The topological polar surface area (TPSA) is 20.3 Å². The standard InChI is InChI=1S/C8H11NOS2/c1-2-11-8-3-4-9-6(10)5-7(9)12-8/h3-4,7-8H,2,5H2,1H3/t7-,8?/m1/s1. The number of thioether (sulfide) groups is 2. The van der Waals surface area contributed by atoms with Crippen LogP contribution in [0, 0.1) is 0 Å². The summed E-state index contributed by atoms with van der Waals surface area (Å²) in [5, 5.41) is 0.437. The molecule has 0 aromatic heterocycles. The summed E-state index contributed by atoms with van der Waals surface area (Å²) in [6, 6.07) is 0. The van der Waals surface area contributed by atoms with Gasteiger partial charge in [-0.25, -0.2) is 0 Å². The van der Waals surface area contributed by atoms with Crippen molar-refractivity contribution in [3.63, 3.8) is 0 Å². The molecule has 2 aliphatic heterocycles. The highest BCUT2D eigenvalue weighted by Gasteiger charge is 2.38. The fourth-order valence-corrected chi connectivity index (χ4v) is 3.96. The van der Waals surface area contributed by atoms with Crippen LogP contribution in [0.3, 0.4) is 0 Å². The van der Waals surface area contributed by atoms with Crippen LogP contribution in [0.25, 0.3) is 0 Å². The molecule has 0 N–H and O–H groups in total. The van der Waals surface area contributed by atoms with Crippen molar-refractivity contribution >= 4 is 29.4 Å². The third-order valence-electron chi connectivity index (χ3n) is 1.97. The second-order valence-electron chi connectivity index (χ2n) is 2.76. The van der Waals surface area contributed by atoms with E-state index in [1.54, 1.807) is 0 Å². The van der Waals surface area contributed by atoms with Gasteiger partial charge in [0, 0.05) is 6.20 Å². The van der Waals surface area contributed by atoms with E-state index in [1.807, 2.05) is 34.6 Å². The van der Waals surface area contributed by atoms with Gasteiger partial charge in [-0.3, -0.25) is 4.79 Å². The van der Waals surface area contributed by atoms with E-state index in [9.17, 15) is 4.79 Å². The molecule has 2 aliphatic rings. The zero-order chi connectivity index (χ0) is 8.55. The van der Waals surface area contributed by atoms with E-state index < -0.39 is 0 Å². The number of nitrogens with zero attached hydrogens (tertiary/aromatic N) is 1. The maximum Gasteiger partial charge on any atom is 0.230 e. The number of carbonyl (C=O) groups is 1. The van der Waals surface area contributed by atoms with Crippen LogP contribution >= 0.6 is 23.5 Å². The summed E-state index contributed by atoms with van der Waals surface area (Å²) in [4.78, 5) is 12.8. The molecule has 1 amide bonds. The Labute approximate surface area is 80.8 Å². The van der Waals surface area contributed by atoms with E-state index in [1.165, 1.54) is 0 Å². The molecule has 2 nitrogen and oxygen atoms in total. The Morgan fingerprint density at radius 3 is 3.25 bits per heavy atom. The highest BCUT2D eigenvalue weighted by atomic mass is 32.2. The first-order valence-corrected chi connectivity index (χ1v) is 6.07. The van der Waals surface area contributed by atoms with Crippen molar-refractivity contribution < 1.29 is 4.79 Å². The molecule has 1 unspecified atom stereocenters. The van der Waals surface area contributed by atoms with Crippen LogP contribution in [0.4, 0.5) is 0 Å². The summed E-state index contributed by atoms with van der Waals surface area (Å²) in [7, 11) is 0. The average Bonchev–Trinajstić information content (AvgIpc) is 2.03. The van der Waals surface area contributed by atoms with Crippen LogP contribution in [0.2, 0.25) is 0 Å². The van der Waals surface area contributed by atoms with Gasteiger partial charge in [0.15, 0.2) is 0 Å². The summed E-state index contributed by atoms with van der Waals surface area (Å²) in [6.07, 6.45) is 4.79. The Morgan fingerprint density at radius 2 is 2.67 bits per heavy atom. The minimum atomic E-state index is 0.267. The predicted octanol–water partition coefficient (Wildman–Crippen LogP) is 1.88. The number of rotatable bonds is 2. The second kappa shape index (κ2) is 3.34. The maximum absolute atomic E-state index is 11.0. The molecule has 66 valence electrons. The van der Waals surface area contributed by atoms with Crippen LogP contribution in [0.15, 0.2) is 12.3 Å². The van der Waals surface area contributed by atoms with Gasteiger partial charge in [0.2, 0.25) is 5.91 Å². The summed E-state index contributed by atoms with van der Waals surface area (Å²) < 4.78 is 0.560. The molecule has 2 rings (SSSR count). The summed E-state index contributed by atoms with van der Waals surface area (Å²) in [5.41, 5.74) is 0. The lowest BCUT2D eigenvalue weighted by Gasteiger charge is -2.41. The summed E-state index contributed by atoms with van der Waals surface area (Å²) in [5.74, 6) is 1.41. The van der Waals surface area contributed by atoms with Crippen LogP contribution in [-0.4, -0.2) is 26.5 Å². The number of β-lactam (4-membered cyclic amide) rings is 1. The molecule has 1 fully saturated rings. The largest absolute Gasteiger partial charge is 0.306 e. The van der Waals surface area contributed by atoms with Crippen molar-refractivity contribution in [3.8, 4) is 0 Å². The van der Waals surface area contributed by atoms with Crippen LogP contribution in [0.1, 0.15) is 13.3 Å². The van der Waals surface area contributed by atoms with Gasteiger partial charge in [0.25, 0.3) is 0 Å². The Morgan fingerprint density at radius 1 is 1.83 bits per heavy atom. The molecule has 0 aliphatic carbocycles. The minimum Gasteiger partial charge on any atom is -0.306 e. The van der Waals surface area contributed by atoms with Crippen molar-refractivity contribution in [3.05, 3.63) is 12.3 Å². The summed E-state index contributed by atoms with van der Waals surface area (Å²) in [6.45, 7) is 2.16. The Bertz CT molecular complexity index is 229. The van der Waals surface area contributed by atoms with Gasteiger partial charge in [-0.15, -0.1) is 23.5 Å². The highest BCUT2D eigenvalue weighted by molar-refractivity contribution is 8.17. The molecular formula is C8H11NOS2. The number of carbonyl (C=O) groups excluding carboxylic acids is 1. The van der Waals surface area contributed by atoms with Gasteiger partial charge in [-0.05, 0) is 11.8 Å². The van der Waals surface area contributed by atoms with E-state index in [4.69, 9.17) is 0 Å². The van der Waals surface area contributed by atoms with E-state index in [0.29, 0.717) is 9.96 Å². The average molecular weight is 201 g/mol. The van der Waals surface area contributed by atoms with Crippen LogP contribution in [0.5, 0.6) is 0 Å². The molecule has 0 spiro atoms. The lowest BCUT2D eigenvalue weighted by atomic mass is 10.2. The molecule has 0 radical (unpaired) electrons. The molecule has 2 heterocycles. The smallest absolute Gasteiger partial charge is 0.230 e. The van der Waals surface area contributed by atoms with E-state index in [-0.39, 0.29) is 5.91 Å². The second-order valence-corrected chi connectivity index (χ2v) is 5.80. The third kappa shape index (κ3) is 1.38. The van der Waals surface area contributed by atoms with E-state index in [0.717, 1.165) is 12.2 Å². The molecular weight excluding hydrogens is 190 g/mol. The van der Waals surface area contributed by atoms with Gasteiger partial charge < -0.3 is 4.90 Å². The fraction of sp³-hybridized carbons (Fsp3) is 0.625. The first kappa shape index (κ1) is 8.51. The zero-order valence-corrected chi connectivity index (χ0v) is 8.53. The van der Waals surface area contributed by atoms with Gasteiger partial charge in [0.05, 0.1) is 16.4 Å². The first-order valence-electron chi connectivity index (χ1n) is 4.08. The highest BCUT2D eigenvalue weighted by Crippen LogP contribution is 2.40. The van der Waals surface area contributed by atoms with Gasteiger partial charge in [-0.1, -0.05) is 6.92 Å². The third-order valence-corrected chi connectivity index (χ3v) is 4.67. The maximum atomic E-state index is 11.0. The quantitative estimate of drug-likeness (QED) is 0.636. The fourth-order valence-electron chi connectivity index (χ4n) is 1.32. The Balaban J connectivity index is 1.96. The van der Waals surface area contributed by atoms with E-state index in [2.05, 4.69) is 13.0 Å². The molecule has 12 heavy (non-hydrogen) atoms. The molecule has 4 heteroatoms. The molecule has 0 bridgehead atoms. The number of hydrogen-bond donors (Lipinski definition) is 0. The number of amides is 1. The lowest BCUT2D eigenvalue weighted by molar-refractivity contribution is -0.137. The molecule has 2 atom stereocenters. The Hall–Kier alpha value is -0.0900. The van der Waals surface area contributed by atoms with E-state index >= 15 is 0 Å². The van der Waals surface area contributed by atoms with Crippen molar-refractivity contribution in [1.29, 1.82) is 0 Å². The van der Waals surface area contributed by atoms with Crippen molar-refractivity contribution in [2.24, 2.45) is 0 Å². The van der Waals surface area contributed by atoms with Crippen LogP contribution in [-0.2, 0) is 4.79 Å². The van der Waals surface area contributed by atoms with Gasteiger partial charge >= 0.3 is 0 Å². The predicted molar refractivity (Wildman–Crippen MR) is 53.9 cm³/mol. The van der Waals surface area contributed by atoms with Gasteiger partial charge in [0.1, 0.15) is 0 Å². The molecule has 0 aromatic carbocycles. The lowest BCUT2D eigenvalue weighted by Crippen LogP contribution is -2.49. The number of hydrogen-bond acceptors (Lipinski definition) is 3. The first-order chi connectivity index (χ1) is 5.81. The van der Waals surface area contributed by atoms with Crippen molar-refractivity contribution in [2.75, 3.05) is 5.75 Å². The molecule has 0 aromatic rings. The summed E-state index contributed by atoms with van der Waals surface area (Å²) >= 11 is 3.82. The monoisotopic (exact) mass is 201 g/mol. The zero-order valence-electron chi connectivity index (χ0n) is 6.90.